The summed E-state index contributed by atoms with van der Waals surface area (Å²) in [5.41, 5.74) is 2.76. The highest BCUT2D eigenvalue weighted by Gasteiger charge is 2.27. The number of allylic oxidation sites excluding steroid dienone is 2. The predicted octanol–water partition coefficient (Wildman–Crippen LogP) is 5.12. The molecule has 226 valence electrons. The van der Waals surface area contributed by atoms with Gasteiger partial charge in [-0.05, 0) is 42.4 Å². The molecule has 3 aromatic carbocycles. The number of carbonyl (C=O) groups excluding carboxylic acids is 3. The van der Waals surface area contributed by atoms with Crippen LogP contribution in [-0.2, 0) is 32.0 Å². The second-order valence-electron chi connectivity index (χ2n) is 10.6. The molecule has 7 nitrogen and oxygen atoms in total. The van der Waals surface area contributed by atoms with E-state index in [4.69, 9.17) is 4.74 Å². The van der Waals surface area contributed by atoms with Gasteiger partial charge in [-0.15, -0.1) is 13.2 Å². The molecule has 3 rings (SSSR count). The smallest absolute Gasteiger partial charge is 0.310 e. The number of rotatable bonds is 18. The first kappa shape index (κ1) is 33.0. The molecule has 3 aromatic rings. The third-order valence-corrected chi connectivity index (χ3v) is 7.17. The fraction of sp³-hybridized carbons (Fsp3) is 0.306. The summed E-state index contributed by atoms with van der Waals surface area (Å²) in [6, 6.07) is 28.1. The molecule has 3 N–H and O–H groups in total. The Morgan fingerprint density at radius 3 is 1.86 bits per heavy atom. The van der Waals surface area contributed by atoms with E-state index in [1.165, 1.54) is 0 Å². The van der Waals surface area contributed by atoms with Crippen molar-refractivity contribution in [3.05, 3.63) is 133 Å². The number of aliphatic hydroxyl groups is 1. The van der Waals surface area contributed by atoms with Crippen molar-refractivity contribution in [2.45, 2.75) is 44.2 Å². The third kappa shape index (κ3) is 11.4. The molecule has 0 spiro atoms. The maximum Gasteiger partial charge on any atom is 0.310 e. The van der Waals surface area contributed by atoms with E-state index in [2.05, 4.69) is 23.8 Å². The fourth-order valence-electron chi connectivity index (χ4n) is 4.89. The van der Waals surface area contributed by atoms with E-state index < -0.39 is 24.0 Å². The molecule has 0 fully saturated rings. The SMILES string of the molecule is C=CC[C@H](CC(=O)N[C@@H](CO)Cc1ccccc1)C(=O)NC[C@@H](OC(=O)[C@@H](CC=C)Cc1ccccc1)c1ccccc1. The average Bonchev–Trinajstić information content (AvgIpc) is 3.03. The lowest BCUT2D eigenvalue weighted by atomic mass is 9.96. The first-order chi connectivity index (χ1) is 20.9. The number of hydrogen-bond donors (Lipinski definition) is 3. The number of benzene rings is 3. The van der Waals surface area contributed by atoms with E-state index in [1.807, 2.05) is 91.0 Å². The summed E-state index contributed by atoms with van der Waals surface area (Å²) in [7, 11) is 0. The van der Waals surface area contributed by atoms with Crippen LogP contribution in [0.15, 0.2) is 116 Å². The van der Waals surface area contributed by atoms with E-state index >= 15 is 0 Å². The zero-order valence-electron chi connectivity index (χ0n) is 24.6. The molecule has 0 aliphatic rings. The van der Waals surface area contributed by atoms with E-state index in [9.17, 15) is 19.5 Å². The monoisotopic (exact) mass is 582 g/mol. The van der Waals surface area contributed by atoms with Gasteiger partial charge in [-0.3, -0.25) is 14.4 Å². The van der Waals surface area contributed by atoms with Crippen LogP contribution in [0.4, 0.5) is 0 Å². The Bertz CT molecular complexity index is 1300. The van der Waals surface area contributed by atoms with E-state index in [-0.39, 0.29) is 43.8 Å². The van der Waals surface area contributed by atoms with Crippen LogP contribution in [0.5, 0.6) is 0 Å². The second kappa shape index (κ2) is 18.1. The second-order valence-corrected chi connectivity index (χ2v) is 10.6. The number of nitrogens with one attached hydrogen (secondary N) is 2. The van der Waals surface area contributed by atoms with E-state index in [0.29, 0.717) is 19.3 Å². The molecule has 0 unspecified atom stereocenters. The van der Waals surface area contributed by atoms with Crippen LogP contribution in [-0.4, -0.2) is 42.1 Å². The van der Waals surface area contributed by atoms with Crippen molar-refractivity contribution in [2.75, 3.05) is 13.2 Å². The van der Waals surface area contributed by atoms with Gasteiger partial charge in [0.2, 0.25) is 11.8 Å². The van der Waals surface area contributed by atoms with Gasteiger partial charge in [0.25, 0.3) is 0 Å². The Morgan fingerprint density at radius 2 is 1.30 bits per heavy atom. The van der Waals surface area contributed by atoms with Crippen molar-refractivity contribution < 1.29 is 24.2 Å². The molecular weight excluding hydrogens is 540 g/mol. The third-order valence-electron chi connectivity index (χ3n) is 7.17. The van der Waals surface area contributed by atoms with Crippen LogP contribution in [0.25, 0.3) is 0 Å². The maximum absolute atomic E-state index is 13.3. The summed E-state index contributed by atoms with van der Waals surface area (Å²) in [6.45, 7) is 7.38. The van der Waals surface area contributed by atoms with Crippen molar-refractivity contribution in [1.82, 2.24) is 10.6 Å². The number of carbonyl (C=O) groups is 3. The molecule has 0 saturated heterocycles. The lowest BCUT2D eigenvalue weighted by Gasteiger charge is -2.24. The first-order valence-corrected chi connectivity index (χ1v) is 14.7. The topological polar surface area (TPSA) is 105 Å². The summed E-state index contributed by atoms with van der Waals surface area (Å²) in [5, 5.41) is 15.5. The largest absolute Gasteiger partial charge is 0.455 e. The minimum atomic E-state index is -0.719. The number of amides is 2. The van der Waals surface area contributed by atoms with Gasteiger partial charge in [-0.25, -0.2) is 0 Å². The van der Waals surface area contributed by atoms with Crippen molar-refractivity contribution in [2.24, 2.45) is 11.8 Å². The van der Waals surface area contributed by atoms with Crippen molar-refractivity contribution in [3.8, 4) is 0 Å². The highest BCUT2D eigenvalue weighted by atomic mass is 16.5. The number of esters is 1. The molecule has 0 saturated carbocycles. The van der Waals surface area contributed by atoms with Gasteiger partial charge < -0.3 is 20.5 Å². The van der Waals surface area contributed by atoms with Gasteiger partial charge in [0, 0.05) is 6.42 Å². The standard InChI is InChI=1S/C36H42N2O5/c1-3-14-30(24-34(40)38-32(26-39)23-28-18-10-6-11-19-28)35(41)37-25-33(29-20-12-7-13-21-29)43-36(42)31(15-4-2)22-27-16-8-5-9-17-27/h3-13,16-21,30-33,39H,1-2,14-15,22-26H2,(H,37,41)(H,38,40)/t30-,31+,32-,33-/m1/s1. The zero-order chi connectivity index (χ0) is 30.9. The lowest BCUT2D eigenvalue weighted by Crippen LogP contribution is -2.42. The Kier molecular flexibility index (Phi) is 13.9. The lowest BCUT2D eigenvalue weighted by molar-refractivity contribution is -0.154. The zero-order valence-corrected chi connectivity index (χ0v) is 24.6. The van der Waals surface area contributed by atoms with Crippen molar-refractivity contribution in [1.29, 1.82) is 0 Å². The number of hydrogen-bond acceptors (Lipinski definition) is 5. The van der Waals surface area contributed by atoms with Gasteiger partial charge in [0.05, 0.1) is 31.0 Å². The molecular formula is C36H42N2O5. The maximum atomic E-state index is 13.3. The van der Waals surface area contributed by atoms with Crippen LogP contribution >= 0.6 is 0 Å². The van der Waals surface area contributed by atoms with Crippen LogP contribution in [0.1, 0.15) is 42.1 Å². The highest BCUT2D eigenvalue weighted by Crippen LogP contribution is 2.22. The molecule has 0 aromatic heterocycles. The summed E-state index contributed by atoms with van der Waals surface area (Å²) in [4.78, 5) is 39.5. The van der Waals surface area contributed by atoms with Crippen LogP contribution in [0, 0.1) is 11.8 Å². The fourth-order valence-corrected chi connectivity index (χ4v) is 4.89. The van der Waals surface area contributed by atoms with Gasteiger partial charge in [-0.1, -0.05) is 103 Å². The molecule has 0 radical (unpaired) electrons. The average molecular weight is 583 g/mol. The number of ether oxygens (including phenoxy) is 1. The van der Waals surface area contributed by atoms with Crippen molar-refractivity contribution in [3.63, 3.8) is 0 Å². The van der Waals surface area contributed by atoms with E-state index in [0.717, 1.165) is 16.7 Å². The Morgan fingerprint density at radius 1 is 0.767 bits per heavy atom. The molecule has 0 aliphatic heterocycles. The molecule has 43 heavy (non-hydrogen) atoms. The van der Waals surface area contributed by atoms with Gasteiger partial charge in [-0.2, -0.15) is 0 Å². The summed E-state index contributed by atoms with van der Waals surface area (Å²) in [5.74, 6) is -2.15. The quantitative estimate of drug-likeness (QED) is 0.143. The van der Waals surface area contributed by atoms with Crippen LogP contribution < -0.4 is 10.6 Å². The van der Waals surface area contributed by atoms with E-state index in [1.54, 1.807) is 12.2 Å². The summed E-state index contributed by atoms with van der Waals surface area (Å²) < 4.78 is 5.99. The van der Waals surface area contributed by atoms with Crippen LogP contribution in [0.2, 0.25) is 0 Å². The highest BCUT2D eigenvalue weighted by molar-refractivity contribution is 5.86. The molecule has 7 heteroatoms. The normalized spacial score (nSPS) is 13.5. The Labute approximate surface area is 254 Å². The van der Waals surface area contributed by atoms with Gasteiger partial charge in [0.1, 0.15) is 6.10 Å². The summed E-state index contributed by atoms with van der Waals surface area (Å²) >= 11 is 0. The molecule has 0 bridgehead atoms. The van der Waals surface area contributed by atoms with Gasteiger partial charge >= 0.3 is 5.97 Å². The van der Waals surface area contributed by atoms with Crippen LogP contribution in [0.3, 0.4) is 0 Å². The van der Waals surface area contributed by atoms with Crippen molar-refractivity contribution >= 4 is 17.8 Å². The summed E-state index contributed by atoms with van der Waals surface area (Å²) in [6.07, 6.45) is 4.25. The predicted molar refractivity (Wildman–Crippen MR) is 169 cm³/mol. The minimum absolute atomic E-state index is 0.0449. The molecule has 0 heterocycles. The van der Waals surface area contributed by atoms with Gasteiger partial charge in [0.15, 0.2) is 0 Å². The Balaban J connectivity index is 1.64. The molecule has 0 aliphatic carbocycles. The molecule has 2 amide bonds. The Hall–Kier alpha value is -4.49. The first-order valence-electron chi connectivity index (χ1n) is 14.7. The molecule has 4 atom stereocenters. The minimum Gasteiger partial charge on any atom is -0.455 e. The number of aliphatic hydroxyl groups excluding tert-OH is 1.